The number of thiocarbonyl (C=S) groups is 1. The van der Waals surface area contributed by atoms with Crippen molar-refractivity contribution in [1.82, 2.24) is 10.3 Å². The molecule has 108 valence electrons. The van der Waals surface area contributed by atoms with Crippen molar-refractivity contribution in [2.45, 2.75) is 31.2 Å². The van der Waals surface area contributed by atoms with Crippen molar-refractivity contribution in [1.29, 1.82) is 0 Å². The fourth-order valence-electron chi connectivity index (χ4n) is 2.99. The van der Waals surface area contributed by atoms with E-state index in [2.05, 4.69) is 10.3 Å². The fourth-order valence-corrected chi connectivity index (χ4v) is 3.25. The smallest absolute Gasteiger partial charge is 0.252 e. The lowest BCUT2D eigenvalue weighted by atomic mass is 9.96. The Labute approximate surface area is 128 Å². The molecular weight excluding hydrogens is 282 g/mol. The largest absolute Gasteiger partial charge is 0.391 e. The van der Waals surface area contributed by atoms with Gasteiger partial charge in [-0.15, -0.1) is 0 Å². The first-order valence-electron chi connectivity index (χ1n) is 7.09. The molecule has 0 spiro atoms. The van der Waals surface area contributed by atoms with Crippen LogP contribution in [0.1, 0.15) is 36.0 Å². The SMILES string of the molecule is NC(=S)C1(NC(=O)c2ccnc3ccccc23)CCCC1. The van der Waals surface area contributed by atoms with Gasteiger partial charge in [0.15, 0.2) is 0 Å². The van der Waals surface area contributed by atoms with Crippen LogP contribution in [0.15, 0.2) is 36.5 Å². The van der Waals surface area contributed by atoms with Gasteiger partial charge in [0, 0.05) is 11.6 Å². The number of aromatic nitrogens is 1. The van der Waals surface area contributed by atoms with Crippen molar-refractivity contribution in [2.75, 3.05) is 0 Å². The number of hydrogen-bond donors (Lipinski definition) is 2. The molecule has 4 nitrogen and oxygen atoms in total. The molecule has 1 saturated carbocycles. The predicted molar refractivity (Wildman–Crippen MR) is 87.2 cm³/mol. The molecule has 3 N–H and O–H groups in total. The Balaban J connectivity index is 1.96. The van der Waals surface area contributed by atoms with Crippen molar-refractivity contribution < 1.29 is 4.79 Å². The number of nitrogens with one attached hydrogen (secondary N) is 1. The summed E-state index contributed by atoms with van der Waals surface area (Å²) in [6.45, 7) is 0. The van der Waals surface area contributed by atoms with Crippen molar-refractivity contribution >= 4 is 34.0 Å². The van der Waals surface area contributed by atoms with Crippen LogP contribution in [0.4, 0.5) is 0 Å². The summed E-state index contributed by atoms with van der Waals surface area (Å²) in [6, 6.07) is 9.34. The molecule has 3 rings (SSSR count). The number of amides is 1. The average Bonchev–Trinajstić information content (AvgIpc) is 2.96. The van der Waals surface area contributed by atoms with Crippen LogP contribution < -0.4 is 11.1 Å². The van der Waals surface area contributed by atoms with Crippen LogP contribution in [0.5, 0.6) is 0 Å². The van der Waals surface area contributed by atoms with Gasteiger partial charge < -0.3 is 11.1 Å². The Bertz CT molecular complexity index is 702. The fraction of sp³-hybridized carbons (Fsp3) is 0.312. The Morgan fingerprint density at radius 2 is 1.95 bits per heavy atom. The highest BCUT2D eigenvalue weighted by molar-refractivity contribution is 7.80. The Morgan fingerprint density at radius 1 is 1.24 bits per heavy atom. The maximum atomic E-state index is 12.7. The number of hydrogen-bond acceptors (Lipinski definition) is 3. The summed E-state index contributed by atoms with van der Waals surface area (Å²) in [5.41, 5.74) is 6.77. The summed E-state index contributed by atoms with van der Waals surface area (Å²) in [5, 5.41) is 3.91. The van der Waals surface area contributed by atoms with Crippen LogP contribution in [0.25, 0.3) is 10.9 Å². The third-order valence-electron chi connectivity index (χ3n) is 4.18. The average molecular weight is 299 g/mol. The van der Waals surface area contributed by atoms with E-state index >= 15 is 0 Å². The third-order valence-corrected chi connectivity index (χ3v) is 4.57. The van der Waals surface area contributed by atoms with E-state index in [1.54, 1.807) is 12.3 Å². The van der Waals surface area contributed by atoms with Crippen molar-refractivity contribution in [2.24, 2.45) is 5.73 Å². The molecule has 1 aliphatic carbocycles. The first-order chi connectivity index (χ1) is 10.1. The molecule has 0 aliphatic heterocycles. The van der Waals surface area contributed by atoms with Gasteiger partial charge in [-0.1, -0.05) is 43.3 Å². The summed E-state index contributed by atoms with van der Waals surface area (Å²) < 4.78 is 0. The summed E-state index contributed by atoms with van der Waals surface area (Å²) in [5.74, 6) is -0.136. The highest BCUT2D eigenvalue weighted by Gasteiger charge is 2.38. The van der Waals surface area contributed by atoms with Crippen LogP contribution in [0.2, 0.25) is 0 Å². The highest BCUT2D eigenvalue weighted by atomic mass is 32.1. The standard InChI is InChI=1S/C16H17N3OS/c17-15(21)16(8-3-4-9-16)19-14(20)12-7-10-18-13-6-2-1-5-11(12)13/h1-2,5-7,10H,3-4,8-9H2,(H2,17,21)(H,19,20). The van der Waals surface area contributed by atoms with E-state index in [1.807, 2.05) is 24.3 Å². The molecule has 1 fully saturated rings. The van der Waals surface area contributed by atoms with Crippen LogP contribution in [-0.4, -0.2) is 21.4 Å². The second-order valence-electron chi connectivity index (χ2n) is 5.48. The van der Waals surface area contributed by atoms with E-state index < -0.39 is 5.54 Å². The van der Waals surface area contributed by atoms with Crippen LogP contribution in [0, 0.1) is 0 Å². The van der Waals surface area contributed by atoms with Gasteiger partial charge in [-0.3, -0.25) is 9.78 Å². The quantitative estimate of drug-likeness (QED) is 0.855. The number of nitrogens with zero attached hydrogens (tertiary/aromatic N) is 1. The van der Waals surface area contributed by atoms with Gasteiger partial charge in [0.2, 0.25) is 0 Å². The molecule has 1 aliphatic rings. The minimum Gasteiger partial charge on any atom is -0.391 e. The molecular formula is C16H17N3OS. The summed E-state index contributed by atoms with van der Waals surface area (Å²) in [7, 11) is 0. The lowest BCUT2D eigenvalue weighted by Crippen LogP contribution is -2.54. The highest BCUT2D eigenvalue weighted by Crippen LogP contribution is 2.30. The number of pyridine rings is 1. The lowest BCUT2D eigenvalue weighted by Gasteiger charge is -2.29. The van der Waals surface area contributed by atoms with Crippen molar-refractivity contribution in [3.63, 3.8) is 0 Å². The van der Waals surface area contributed by atoms with Gasteiger partial charge in [0.1, 0.15) is 0 Å². The maximum Gasteiger partial charge on any atom is 0.252 e. The van der Waals surface area contributed by atoms with Gasteiger partial charge >= 0.3 is 0 Å². The third kappa shape index (κ3) is 2.49. The van der Waals surface area contributed by atoms with Crippen LogP contribution in [0.3, 0.4) is 0 Å². The molecule has 2 aromatic rings. The predicted octanol–water partition coefficient (Wildman–Crippen LogP) is 2.56. The first kappa shape index (κ1) is 13.9. The zero-order valence-corrected chi connectivity index (χ0v) is 12.5. The Kier molecular flexibility index (Phi) is 3.59. The van der Waals surface area contributed by atoms with Gasteiger partial charge in [-0.25, -0.2) is 0 Å². The van der Waals surface area contributed by atoms with Crippen LogP contribution in [-0.2, 0) is 0 Å². The Morgan fingerprint density at radius 3 is 2.67 bits per heavy atom. The number of fused-ring (bicyclic) bond motifs is 1. The van der Waals surface area contributed by atoms with Gasteiger partial charge in [-0.05, 0) is 25.0 Å². The molecule has 5 heteroatoms. The second kappa shape index (κ2) is 5.41. The molecule has 1 amide bonds. The zero-order chi connectivity index (χ0) is 14.9. The normalized spacial score (nSPS) is 16.8. The van der Waals surface area contributed by atoms with E-state index in [-0.39, 0.29) is 5.91 Å². The van der Waals surface area contributed by atoms with E-state index in [1.165, 1.54) is 0 Å². The summed E-state index contributed by atoms with van der Waals surface area (Å²) in [6.07, 6.45) is 5.36. The van der Waals surface area contributed by atoms with Crippen molar-refractivity contribution in [3.8, 4) is 0 Å². The maximum absolute atomic E-state index is 12.7. The van der Waals surface area contributed by atoms with E-state index in [0.717, 1.165) is 36.6 Å². The van der Waals surface area contributed by atoms with E-state index in [0.29, 0.717) is 10.6 Å². The van der Waals surface area contributed by atoms with Crippen LogP contribution >= 0.6 is 12.2 Å². The monoisotopic (exact) mass is 299 g/mol. The number of carbonyl (C=O) groups is 1. The molecule has 0 atom stereocenters. The zero-order valence-electron chi connectivity index (χ0n) is 11.6. The molecule has 0 unspecified atom stereocenters. The number of nitrogens with two attached hydrogens (primary N) is 1. The van der Waals surface area contributed by atoms with Gasteiger partial charge in [0.05, 0.1) is 21.6 Å². The lowest BCUT2D eigenvalue weighted by molar-refractivity contribution is 0.0926. The summed E-state index contributed by atoms with van der Waals surface area (Å²) in [4.78, 5) is 17.3. The minimum absolute atomic E-state index is 0.136. The number of rotatable bonds is 3. The number of para-hydroxylation sites is 1. The minimum atomic E-state index is -0.531. The molecule has 0 saturated heterocycles. The first-order valence-corrected chi connectivity index (χ1v) is 7.49. The second-order valence-corrected chi connectivity index (χ2v) is 5.92. The topological polar surface area (TPSA) is 68.0 Å². The van der Waals surface area contributed by atoms with Gasteiger partial charge in [0.25, 0.3) is 5.91 Å². The number of benzene rings is 1. The van der Waals surface area contributed by atoms with E-state index in [4.69, 9.17) is 18.0 Å². The van der Waals surface area contributed by atoms with Crippen molar-refractivity contribution in [3.05, 3.63) is 42.1 Å². The molecule has 1 heterocycles. The molecule has 0 bridgehead atoms. The van der Waals surface area contributed by atoms with E-state index in [9.17, 15) is 4.79 Å². The molecule has 1 aromatic heterocycles. The Hall–Kier alpha value is -2.01. The molecule has 0 radical (unpaired) electrons. The summed E-state index contributed by atoms with van der Waals surface area (Å²) >= 11 is 5.18. The molecule has 21 heavy (non-hydrogen) atoms. The number of carbonyl (C=O) groups excluding carboxylic acids is 1. The van der Waals surface area contributed by atoms with Gasteiger partial charge in [-0.2, -0.15) is 0 Å². The molecule has 1 aromatic carbocycles.